The fourth-order valence-corrected chi connectivity index (χ4v) is 3.99. The number of likely N-dealkylation sites (tertiary alicyclic amines) is 1. The van der Waals surface area contributed by atoms with Gasteiger partial charge in [-0.25, -0.2) is 4.98 Å². The first-order valence-corrected chi connectivity index (χ1v) is 9.94. The molecule has 0 bridgehead atoms. The molecule has 0 aliphatic carbocycles. The van der Waals surface area contributed by atoms with E-state index in [-0.39, 0.29) is 5.91 Å². The van der Waals surface area contributed by atoms with Crippen molar-refractivity contribution >= 4 is 16.9 Å². The summed E-state index contributed by atoms with van der Waals surface area (Å²) >= 11 is 0. The molecule has 4 rings (SSSR count). The van der Waals surface area contributed by atoms with Crippen LogP contribution >= 0.6 is 0 Å². The number of carbonyl (C=O) groups excluding carboxylic acids is 1. The molecule has 1 N–H and O–H groups in total. The topological polar surface area (TPSA) is 63.1 Å². The van der Waals surface area contributed by atoms with Gasteiger partial charge in [0.25, 0.3) is 5.91 Å². The lowest BCUT2D eigenvalue weighted by atomic mass is 10.1. The van der Waals surface area contributed by atoms with Gasteiger partial charge in [0.05, 0.1) is 11.3 Å². The molecular formula is C22H27N5O. The second kappa shape index (κ2) is 8.10. The Kier molecular flexibility index (Phi) is 5.39. The Morgan fingerprint density at radius 3 is 2.93 bits per heavy atom. The highest BCUT2D eigenvalue weighted by Gasteiger charge is 2.23. The Labute approximate surface area is 165 Å². The van der Waals surface area contributed by atoms with Gasteiger partial charge in [-0.05, 0) is 43.9 Å². The molecule has 1 unspecified atom stereocenters. The number of rotatable bonds is 6. The standard InChI is InChI=1S/C22H27N5O/c1-16-20-12-19(14-23-21(20)26(2)25-16)22(28)24-13-18-9-11-27(15-18)10-8-17-6-4-3-5-7-17/h3-7,12,14,18H,8-11,13,15H2,1-2H3,(H,24,28). The quantitative estimate of drug-likeness (QED) is 0.717. The lowest BCUT2D eigenvalue weighted by Gasteiger charge is -2.16. The van der Waals surface area contributed by atoms with Gasteiger partial charge in [0.15, 0.2) is 5.65 Å². The molecular weight excluding hydrogens is 350 g/mol. The Morgan fingerprint density at radius 2 is 2.11 bits per heavy atom. The van der Waals surface area contributed by atoms with Gasteiger partial charge in [0, 0.05) is 38.3 Å². The van der Waals surface area contributed by atoms with Crippen LogP contribution in [0, 0.1) is 12.8 Å². The number of carbonyl (C=O) groups is 1. The molecule has 3 heterocycles. The number of pyridine rings is 1. The van der Waals surface area contributed by atoms with Crippen molar-refractivity contribution in [3.05, 3.63) is 59.4 Å². The van der Waals surface area contributed by atoms with Crippen molar-refractivity contribution in [1.82, 2.24) is 25.0 Å². The first kappa shape index (κ1) is 18.6. The zero-order valence-electron chi connectivity index (χ0n) is 16.6. The van der Waals surface area contributed by atoms with E-state index < -0.39 is 0 Å². The smallest absolute Gasteiger partial charge is 0.252 e. The minimum Gasteiger partial charge on any atom is -0.352 e. The van der Waals surface area contributed by atoms with Crippen LogP contribution in [0.15, 0.2) is 42.6 Å². The monoisotopic (exact) mass is 377 g/mol. The SMILES string of the molecule is Cc1nn(C)c2ncc(C(=O)NCC3CCN(CCc4ccccc4)C3)cc12. The third kappa shape index (κ3) is 4.07. The number of amides is 1. The summed E-state index contributed by atoms with van der Waals surface area (Å²) in [4.78, 5) is 19.5. The average Bonchev–Trinajstić information content (AvgIpc) is 3.29. The van der Waals surface area contributed by atoms with Crippen molar-refractivity contribution in [2.45, 2.75) is 19.8 Å². The fraction of sp³-hybridized carbons (Fsp3) is 0.409. The number of nitrogens with one attached hydrogen (secondary N) is 1. The molecule has 6 heteroatoms. The van der Waals surface area contributed by atoms with E-state index in [1.807, 2.05) is 20.0 Å². The molecule has 146 valence electrons. The van der Waals surface area contributed by atoms with Crippen LogP contribution in [-0.4, -0.2) is 51.8 Å². The van der Waals surface area contributed by atoms with Crippen LogP contribution in [0.1, 0.15) is 28.0 Å². The maximum absolute atomic E-state index is 12.6. The van der Waals surface area contributed by atoms with Crippen molar-refractivity contribution < 1.29 is 4.79 Å². The first-order chi connectivity index (χ1) is 13.6. The van der Waals surface area contributed by atoms with E-state index in [9.17, 15) is 4.79 Å². The third-order valence-electron chi connectivity index (χ3n) is 5.61. The van der Waals surface area contributed by atoms with Crippen LogP contribution in [0.2, 0.25) is 0 Å². The van der Waals surface area contributed by atoms with E-state index in [0.717, 1.165) is 49.2 Å². The lowest BCUT2D eigenvalue weighted by Crippen LogP contribution is -2.31. The molecule has 1 aliphatic heterocycles. The molecule has 0 radical (unpaired) electrons. The van der Waals surface area contributed by atoms with Crippen LogP contribution in [0.3, 0.4) is 0 Å². The van der Waals surface area contributed by atoms with Crippen molar-refractivity contribution in [1.29, 1.82) is 0 Å². The minimum absolute atomic E-state index is 0.0552. The molecule has 1 fully saturated rings. The molecule has 1 saturated heterocycles. The highest BCUT2D eigenvalue weighted by molar-refractivity contribution is 5.97. The molecule has 2 aromatic heterocycles. The third-order valence-corrected chi connectivity index (χ3v) is 5.61. The summed E-state index contributed by atoms with van der Waals surface area (Å²) in [6.45, 7) is 5.89. The Bertz CT molecular complexity index is 966. The molecule has 1 amide bonds. The predicted molar refractivity (Wildman–Crippen MR) is 110 cm³/mol. The zero-order valence-corrected chi connectivity index (χ0v) is 16.6. The van der Waals surface area contributed by atoms with Crippen molar-refractivity contribution in [2.75, 3.05) is 26.2 Å². The van der Waals surface area contributed by atoms with Gasteiger partial charge in [0.1, 0.15) is 0 Å². The van der Waals surface area contributed by atoms with E-state index in [1.165, 1.54) is 5.56 Å². The average molecular weight is 377 g/mol. The normalized spacial score (nSPS) is 17.3. The number of benzene rings is 1. The van der Waals surface area contributed by atoms with Crippen molar-refractivity contribution in [3.63, 3.8) is 0 Å². The summed E-state index contributed by atoms with van der Waals surface area (Å²) in [6, 6.07) is 12.5. The molecule has 3 aromatic rings. The van der Waals surface area contributed by atoms with E-state index >= 15 is 0 Å². The van der Waals surface area contributed by atoms with E-state index in [0.29, 0.717) is 18.0 Å². The highest BCUT2D eigenvalue weighted by Crippen LogP contribution is 2.18. The molecule has 6 nitrogen and oxygen atoms in total. The first-order valence-electron chi connectivity index (χ1n) is 9.94. The van der Waals surface area contributed by atoms with Crippen LogP contribution < -0.4 is 5.32 Å². The van der Waals surface area contributed by atoms with E-state index in [1.54, 1.807) is 10.9 Å². The van der Waals surface area contributed by atoms with E-state index in [4.69, 9.17) is 0 Å². The number of hydrogen-bond acceptors (Lipinski definition) is 4. The van der Waals surface area contributed by atoms with Gasteiger partial charge in [-0.15, -0.1) is 0 Å². The molecule has 0 saturated carbocycles. The summed E-state index contributed by atoms with van der Waals surface area (Å²) in [6.07, 6.45) is 3.85. The molecule has 1 atom stereocenters. The second-order valence-electron chi connectivity index (χ2n) is 7.71. The largest absolute Gasteiger partial charge is 0.352 e. The number of fused-ring (bicyclic) bond motifs is 1. The fourth-order valence-electron chi connectivity index (χ4n) is 3.99. The van der Waals surface area contributed by atoms with Crippen LogP contribution in [0.5, 0.6) is 0 Å². The van der Waals surface area contributed by atoms with E-state index in [2.05, 4.69) is 50.6 Å². The van der Waals surface area contributed by atoms with Gasteiger partial charge in [-0.2, -0.15) is 5.10 Å². The zero-order chi connectivity index (χ0) is 19.5. The number of aryl methyl sites for hydroxylation is 2. The molecule has 0 spiro atoms. The van der Waals surface area contributed by atoms with Gasteiger partial charge >= 0.3 is 0 Å². The molecule has 28 heavy (non-hydrogen) atoms. The Hall–Kier alpha value is -2.73. The van der Waals surface area contributed by atoms with Crippen LogP contribution in [0.25, 0.3) is 11.0 Å². The summed E-state index contributed by atoms with van der Waals surface area (Å²) in [5.74, 6) is 0.455. The van der Waals surface area contributed by atoms with Gasteiger partial charge in [-0.3, -0.25) is 9.48 Å². The Balaban J connectivity index is 1.28. The summed E-state index contributed by atoms with van der Waals surface area (Å²) in [5, 5.41) is 8.39. The number of hydrogen-bond donors (Lipinski definition) is 1. The Morgan fingerprint density at radius 1 is 1.29 bits per heavy atom. The summed E-state index contributed by atoms with van der Waals surface area (Å²) in [5.41, 5.74) is 3.68. The van der Waals surface area contributed by atoms with Crippen molar-refractivity contribution in [2.24, 2.45) is 13.0 Å². The maximum atomic E-state index is 12.6. The second-order valence-corrected chi connectivity index (χ2v) is 7.71. The predicted octanol–water partition coefficient (Wildman–Crippen LogP) is 2.57. The summed E-state index contributed by atoms with van der Waals surface area (Å²) in [7, 11) is 1.87. The van der Waals surface area contributed by atoms with Crippen LogP contribution in [0.4, 0.5) is 0 Å². The van der Waals surface area contributed by atoms with Crippen LogP contribution in [-0.2, 0) is 13.5 Å². The van der Waals surface area contributed by atoms with Gasteiger partial charge in [-0.1, -0.05) is 30.3 Å². The number of aromatic nitrogens is 3. The molecule has 1 aliphatic rings. The lowest BCUT2D eigenvalue weighted by molar-refractivity contribution is 0.0947. The van der Waals surface area contributed by atoms with Gasteiger partial charge in [0.2, 0.25) is 0 Å². The van der Waals surface area contributed by atoms with Crippen molar-refractivity contribution in [3.8, 4) is 0 Å². The maximum Gasteiger partial charge on any atom is 0.252 e. The molecule has 1 aromatic carbocycles. The minimum atomic E-state index is -0.0552. The highest BCUT2D eigenvalue weighted by atomic mass is 16.1. The summed E-state index contributed by atoms with van der Waals surface area (Å²) < 4.78 is 1.74. The number of nitrogens with zero attached hydrogens (tertiary/aromatic N) is 4. The van der Waals surface area contributed by atoms with Gasteiger partial charge < -0.3 is 10.2 Å².